The van der Waals surface area contributed by atoms with Crippen molar-refractivity contribution >= 4 is 10.4 Å². The van der Waals surface area contributed by atoms with Gasteiger partial charge in [-0.05, 0) is 32.9 Å². The zero-order valence-corrected chi connectivity index (χ0v) is 20.4. The van der Waals surface area contributed by atoms with Crippen LogP contribution in [-0.4, -0.2) is 110 Å². The lowest BCUT2D eigenvalue weighted by Gasteiger charge is -2.48. The summed E-state index contributed by atoms with van der Waals surface area (Å²) in [5.41, 5.74) is 22.6. The monoisotopic (exact) mass is 527 g/mol. The van der Waals surface area contributed by atoms with Crippen LogP contribution in [0.15, 0.2) is 11.8 Å². The van der Waals surface area contributed by atoms with Gasteiger partial charge in [-0.15, -0.1) is 0 Å². The Hall–Kier alpha value is -0.990. The predicted octanol–water partition coefficient (Wildman–Crippen LogP) is -4.02. The molecule has 1 saturated heterocycles. The van der Waals surface area contributed by atoms with E-state index in [9.17, 15) is 23.2 Å². The first kappa shape index (κ1) is 28.6. The molecule has 1 saturated carbocycles. The summed E-state index contributed by atoms with van der Waals surface area (Å²) < 4.78 is 60.1. The summed E-state index contributed by atoms with van der Waals surface area (Å²) in [5.74, 6) is 0.492. The third-order valence-corrected chi connectivity index (χ3v) is 6.90. The Morgan fingerprint density at radius 1 is 1.14 bits per heavy atom. The van der Waals surface area contributed by atoms with E-state index >= 15 is 0 Å². The van der Waals surface area contributed by atoms with Crippen molar-refractivity contribution in [3.8, 4) is 0 Å². The fourth-order valence-corrected chi connectivity index (χ4v) is 5.13. The highest BCUT2D eigenvalue weighted by Gasteiger charge is 2.52. The van der Waals surface area contributed by atoms with Crippen LogP contribution in [0.3, 0.4) is 0 Å². The van der Waals surface area contributed by atoms with Crippen LogP contribution in [0.4, 0.5) is 0 Å². The zero-order chi connectivity index (χ0) is 26.1. The van der Waals surface area contributed by atoms with Crippen LogP contribution in [0.1, 0.15) is 19.8 Å². The summed E-state index contributed by atoms with van der Waals surface area (Å²) in [4.78, 5) is 0. The number of nitrogens with one attached hydrogen (secondary N) is 1. The lowest BCUT2D eigenvalue weighted by Crippen LogP contribution is -2.69. The Labute approximate surface area is 204 Å². The van der Waals surface area contributed by atoms with Crippen LogP contribution in [-0.2, 0) is 33.5 Å². The van der Waals surface area contributed by atoms with Gasteiger partial charge in [0.2, 0.25) is 6.29 Å². The van der Waals surface area contributed by atoms with E-state index in [0.29, 0.717) is 12.2 Å². The van der Waals surface area contributed by atoms with Gasteiger partial charge >= 0.3 is 10.4 Å². The van der Waals surface area contributed by atoms with Gasteiger partial charge in [0.1, 0.15) is 35.8 Å². The van der Waals surface area contributed by atoms with Crippen molar-refractivity contribution in [2.75, 3.05) is 20.2 Å². The Kier molecular flexibility index (Phi) is 9.13. The number of aliphatic hydroxyl groups excluding tert-OH is 1. The second kappa shape index (κ2) is 11.2. The number of ether oxygens (including phenoxy) is 4. The molecule has 2 heterocycles. The van der Waals surface area contributed by atoms with E-state index in [4.69, 9.17) is 46.1 Å². The third-order valence-electron chi connectivity index (χ3n) is 6.43. The van der Waals surface area contributed by atoms with E-state index in [1.165, 1.54) is 14.0 Å². The molecule has 0 aromatic heterocycles. The van der Waals surface area contributed by atoms with Gasteiger partial charge in [-0.1, -0.05) is 0 Å². The van der Waals surface area contributed by atoms with Crippen LogP contribution in [0, 0.1) is 0 Å². The van der Waals surface area contributed by atoms with E-state index < -0.39 is 77.2 Å². The maximum atomic E-state index is 11.5. The average molecular weight is 528 g/mol. The van der Waals surface area contributed by atoms with Gasteiger partial charge in [0.05, 0.1) is 25.2 Å². The second-order valence-electron chi connectivity index (χ2n) is 9.31. The summed E-state index contributed by atoms with van der Waals surface area (Å²) in [5, 5.41) is 24.5. The Morgan fingerprint density at radius 3 is 2.29 bits per heavy atom. The van der Waals surface area contributed by atoms with Gasteiger partial charge in [-0.3, -0.25) is 4.55 Å². The predicted molar refractivity (Wildman–Crippen MR) is 121 cm³/mol. The first-order chi connectivity index (χ1) is 16.3. The maximum absolute atomic E-state index is 11.5. The van der Waals surface area contributed by atoms with E-state index in [1.807, 2.05) is 0 Å². The van der Waals surface area contributed by atoms with Crippen molar-refractivity contribution in [1.29, 1.82) is 0 Å². The third kappa shape index (κ3) is 6.67. The number of hydrogen-bond donors (Lipinski definition) is 8. The molecule has 11 atom stereocenters. The van der Waals surface area contributed by atoms with Gasteiger partial charge in [0.25, 0.3) is 0 Å². The van der Waals surface area contributed by atoms with Crippen molar-refractivity contribution < 1.29 is 46.3 Å². The minimum Gasteiger partial charge on any atom is -0.467 e. The second-order valence-corrected chi connectivity index (χ2v) is 10.4. The number of aliphatic hydroxyl groups is 2. The van der Waals surface area contributed by atoms with Crippen molar-refractivity contribution in [3.63, 3.8) is 0 Å². The molecule has 3 rings (SSSR count). The average Bonchev–Trinajstić information content (AvgIpc) is 2.75. The van der Waals surface area contributed by atoms with Crippen molar-refractivity contribution in [1.82, 2.24) is 5.32 Å². The molecule has 0 amide bonds. The Bertz CT molecular complexity index is 861. The van der Waals surface area contributed by atoms with Gasteiger partial charge in [0, 0.05) is 12.1 Å². The van der Waals surface area contributed by atoms with Gasteiger partial charge in [-0.2, -0.15) is 8.42 Å². The summed E-state index contributed by atoms with van der Waals surface area (Å²) in [6.45, 7) is 1.27. The maximum Gasteiger partial charge on any atom is 0.397 e. The highest BCUT2D eigenvalue weighted by molar-refractivity contribution is 7.80. The minimum atomic E-state index is -4.97. The number of hydrogen-bond acceptors (Lipinski definition) is 14. The fraction of sp³-hybridized carbons (Fsp3) is 0.895. The van der Waals surface area contributed by atoms with Crippen molar-refractivity contribution in [3.05, 3.63) is 11.8 Å². The standard InChI is InChI=1S/C19H37N5O10S/c1-19(26)7-30-18(15(16(19)24-2)34-35(27,28)29)33-14-11(23)5-10(22)13(12(14)25)32-17-9(21)4-3-8(6-20)31-17/h3,9-18,24-26H,4-7,20-23H2,1-2H3,(H,27,28,29)/t9?,10-,11+,12+,13+,14-,15-,16+,17?,18+,19-/m1/s1. The molecule has 2 fully saturated rings. The van der Waals surface area contributed by atoms with E-state index in [0.717, 1.165) is 0 Å². The number of likely N-dealkylation sites (N-methyl/N-ethyl adjacent to an activating group) is 1. The van der Waals surface area contributed by atoms with Crippen LogP contribution in [0.2, 0.25) is 0 Å². The molecule has 0 bridgehead atoms. The Balaban J connectivity index is 1.79. The molecule has 15 nitrogen and oxygen atoms in total. The summed E-state index contributed by atoms with van der Waals surface area (Å²) in [6, 6.07) is -3.08. The number of nitrogens with two attached hydrogens (primary N) is 4. The molecule has 16 heteroatoms. The van der Waals surface area contributed by atoms with Crippen LogP contribution >= 0.6 is 0 Å². The van der Waals surface area contributed by atoms with E-state index in [2.05, 4.69) is 5.32 Å². The lowest BCUT2D eigenvalue weighted by molar-refractivity contribution is -0.299. The van der Waals surface area contributed by atoms with E-state index in [1.54, 1.807) is 6.08 Å². The molecule has 2 aliphatic heterocycles. The molecule has 1 aliphatic carbocycles. The normalized spacial score (nSPS) is 45.0. The molecule has 204 valence electrons. The van der Waals surface area contributed by atoms with E-state index in [-0.39, 0.29) is 19.6 Å². The molecule has 0 radical (unpaired) electrons. The topological polar surface area (TPSA) is 257 Å². The van der Waals surface area contributed by atoms with Gasteiger partial charge in [-0.25, -0.2) is 4.18 Å². The molecule has 0 aromatic carbocycles. The van der Waals surface area contributed by atoms with Crippen molar-refractivity contribution in [2.45, 2.75) is 86.5 Å². The summed E-state index contributed by atoms with van der Waals surface area (Å²) in [6.07, 6.45) is -5.10. The van der Waals surface area contributed by atoms with Gasteiger partial charge in [0.15, 0.2) is 6.29 Å². The molecular weight excluding hydrogens is 490 g/mol. The smallest absolute Gasteiger partial charge is 0.397 e. The minimum absolute atomic E-state index is 0.146. The molecule has 3 aliphatic rings. The SMILES string of the molecule is CN[C@H]1[C@@H](OS(=O)(=O)O)[C@H](O[C@H]2[C@@H](O)[C@@H](OC3OC(CN)=CCC3N)[C@H](N)C[C@@H]2N)OC[C@@]1(C)O. The van der Waals surface area contributed by atoms with Crippen molar-refractivity contribution in [2.24, 2.45) is 22.9 Å². The molecule has 2 unspecified atom stereocenters. The quantitative estimate of drug-likeness (QED) is 0.140. The highest BCUT2D eigenvalue weighted by atomic mass is 32.3. The van der Waals surface area contributed by atoms with Gasteiger partial charge < -0.3 is 57.4 Å². The number of rotatable bonds is 8. The fourth-order valence-electron chi connectivity index (χ4n) is 4.65. The lowest BCUT2D eigenvalue weighted by atomic mass is 9.84. The zero-order valence-electron chi connectivity index (χ0n) is 19.6. The molecule has 35 heavy (non-hydrogen) atoms. The van der Waals surface area contributed by atoms with Crippen LogP contribution in [0.25, 0.3) is 0 Å². The highest BCUT2D eigenvalue weighted by Crippen LogP contribution is 2.32. The summed E-state index contributed by atoms with van der Waals surface area (Å²) in [7, 11) is -3.50. The first-order valence-electron chi connectivity index (χ1n) is 11.3. The molecular formula is C19H37N5O10S. The first-order valence-corrected chi connectivity index (χ1v) is 12.6. The molecule has 0 aromatic rings. The van der Waals surface area contributed by atoms with Crippen LogP contribution in [0.5, 0.6) is 0 Å². The largest absolute Gasteiger partial charge is 0.467 e. The Morgan fingerprint density at radius 2 is 1.74 bits per heavy atom. The molecule has 12 N–H and O–H groups in total. The van der Waals surface area contributed by atoms with Crippen LogP contribution < -0.4 is 28.3 Å². The summed E-state index contributed by atoms with van der Waals surface area (Å²) >= 11 is 0. The molecule has 0 spiro atoms.